The van der Waals surface area contributed by atoms with Gasteiger partial charge in [0, 0.05) is 0 Å². The molecule has 0 N–H and O–H groups in total. The molecular formula is C12H16Cl2O2S. The molecule has 1 heterocycles. The SMILES string of the molecule is CC(C)CC(C)OCC(=O)c1cc(Cl)sc1Cl. The van der Waals surface area contributed by atoms with Crippen LogP contribution in [0.4, 0.5) is 0 Å². The standard InChI is InChI=1S/C12H16Cl2O2S/c1-7(2)4-8(3)16-6-10(15)9-5-11(13)17-12(9)14/h5,7-8H,4,6H2,1-3H3. The lowest BCUT2D eigenvalue weighted by Gasteiger charge is -2.14. The minimum Gasteiger partial charge on any atom is -0.370 e. The zero-order chi connectivity index (χ0) is 13.0. The first kappa shape index (κ1) is 15.0. The van der Waals surface area contributed by atoms with Gasteiger partial charge in [0.2, 0.25) is 0 Å². The summed E-state index contributed by atoms with van der Waals surface area (Å²) in [7, 11) is 0. The van der Waals surface area contributed by atoms with Gasteiger partial charge in [-0.3, -0.25) is 4.79 Å². The molecule has 1 rings (SSSR count). The predicted molar refractivity (Wildman–Crippen MR) is 73.5 cm³/mol. The minimum atomic E-state index is -0.117. The normalized spacial score (nSPS) is 13.1. The van der Waals surface area contributed by atoms with E-state index in [0.717, 1.165) is 6.42 Å². The highest BCUT2D eigenvalue weighted by Crippen LogP contribution is 2.31. The van der Waals surface area contributed by atoms with Crippen LogP contribution < -0.4 is 0 Å². The van der Waals surface area contributed by atoms with Crippen molar-refractivity contribution in [2.75, 3.05) is 6.61 Å². The van der Waals surface area contributed by atoms with Crippen LogP contribution >= 0.6 is 34.5 Å². The van der Waals surface area contributed by atoms with Crippen molar-refractivity contribution in [3.8, 4) is 0 Å². The molecule has 96 valence electrons. The maximum atomic E-state index is 11.8. The number of hydrogen-bond donors (Lipinski definition) is 0. The summed E-state index contributed by atoms with van der Waals surface area (Å²) < 4.78 is 6.44. The van der Waals surface area contributed by atoms with Gasteiger partial charge in [0.1, 0.15) is 10.9 Å². The van der Waals surface area contributed by atoms with E-state index in [1.54, 1.807) is 6.07 Å². The third-order valence-electron chi connectivity index (χ3n) is 2.26. The summed E-state index contributed by atoms with van der Waals surface area (Å²) in [4.78, 5) is 11.8. The fourth-order valence-corrected chi connectivity index (χ4v) is 3.06. The van der Waals surface area contributed by atoms with Gasteiger partial charge >= 0.3 is 0 Å². The molecule has 17 heavy (non-hydrogen) atoms. The van der Waals surface area contributed by atoms with E-state index in [0.29, 0.717) is 20.2 Å². The quantitative estimate of drug-likeness (QED) is 0.712. The van der Waals surface area contributed by atoms with Crippen LogP contribution in [0.2, 0.25) is 8.67 Å². The van der Waals surface area contributed by atoms with Crippen molar-refractivity contribution in [3.05, 3.63) is 20.3 Å². The van der Waals surface area contributed by atoms with E-state index in [4.69, 9.17) is 27.9 Å². The van der Waals surface area contributed by atoms with Gasteiger partial charge in [0.25, 0.3) is 0 Å². The van der Waals surface area contributed by atoms with E-state index >= 15 is 0 Å². The summed E-state index contributed by atoms with van der Waals surface area (Å²) in [6, 6.07) is 1.59. The minimum absolute atomic E-state index is 0.0562. The van der Waals surface area contributed by atoms with Crippen molar-refractivity contribution in [1.29, 1.82) is 0 Å². The maximum Gasteiger partial charge on any atom is 0.190 e. The molecule has 1 unspecified atom stereocenters. The summed E-state index contributed by atoms with van der Waals surface area (Å²) in [5.41, 5.74) is 0.457. The summed E-state index contributed by atoms with van der Waals surface area (Å²) in [5, 5.41) is 0. The van der Waals surface area contributed by atoms with Gasteiger partial charge in [-0.05, 0) is 25.3 Å². The van der Waals surface area contributed by atoms with Gasteiger partial charge in [-0.1, -0.05) is 37.0 Å². The van der Waals surface area contributed by atoms with Crippen LogP contribution in [-0.2, 0) is 4.74 Å². The Balaban J connectivity index is 2.47. The van der Waals surface area contributed by atoms with Gasteiger partial charge in [-0.2, -0.15) is 0 Å². The Morgan fingerprint density at radius 1 is 1.41 bits per heavy atom. The smallest absolute Gasteiger partial charge is 0.190 e. The molecule has 0 amide bonds. The van der Waals surface area contributed by atoms with Crippen LogP contribution in [0.5, 0.6) is 0 Å². The van der Waals surface area contributed by atoms with Gasteiger partial charge in [-0.25, -0.2) is 0 Å². The number of hydrogen-bond acceptors (Lipinski definition) is 3. The maximum absolute atomic E-state index is 11.8. The lowest BCUT2D eigenvalue weighted by molar-refractivity contribution is 0.0445. The highest BCUT2D eigenvalue weighted by Gasteiger charge is 2.15. The van der Waals surface area contributed by atoms with Crippen LogP contribution in [-0.4, -0.2) is 18.5 Å². The lowest BCUT2D eigenvalue weighted by atomic mass is 10.1. The highest BCUT2D eigenvalue weighted by molar-refractivity contribution is 7.20. The molecule has 0 saturated carbocycles. The third kappa shape index (κ3) is 4.96. The average Bonchev–Trinajstić information content (AvgIpc) is 2.53. The first-order valence-corrected chi connectivity index (χ1v) is 7.07. The second kappa shape index (κ2) is 6.74. The van der Waals surface area contributed by atoms with E-state index in [2.05, 4.69) is 13.8 Å². The Kier molecular flexibility index (Phi) is 5.93. The van der Waals surface area contributed by atoms with Crippen molar-refractivity contribution < 1.29 is 9.53 Å². The molecule has 0 aliphatic rings. The Hall–Kier alpha value is -0.0900. The predicted octanol–water partition coefficient (Wildman–Crippen LogP) is 4.69. The molecule has 0 fully saturated rings. The summed E-state index contributed by atoms with van der Waals surface area (Å²) >= 11 is 12.9. The third-order valence-corrected chi connectivity index (χ3v) is 3.75. The van der Waals surface area contributed by atoms with Gasteiger partial charge in [-0.15, -0.1) is 11.3 Å². The molecule has 2 nitrogen and oxygen atoms in total. The van der Waals surface area contributed by atoms with Crippen LogP contribution in [0.15, 0.2) is 6.07 Å². The largest absolute Gasteiger partial charge is 0.370 e. The van der Waals surface area contributed by atoms with E-state index in [1.165, 1.54) is 11.3 Å². The molecule has 0 bridgehead atoms. The van der Waals surface area contributed by atoms with Crippen LogP contribution in [0, 0.1) is 5.92 Å². The van der Waals surface area contributed by atoms with Crippen LogP contribution in [0.3, 0.4) is 0 Å². The Morgan fingerprint density at radius 2 is 2.06 bits per heavy atom. The number of ether oxygens (including phenoxy) is 1. The molecule has 0 aromatic carbocycles. The fourth-order valence-electron chi connectivity index (χ4n) is 1.56. The lowest BCUT2D eigenvalue weighted by Crippen LogP contribution is -2.17. The van der Waals surface area contributed by atoms with Gasteiger partial charge < -0.3 is 4.74 Å². The molecule has 0 saturated heterocycles. The summed E-state index contributed by atoms with van der Waals surface area (Å²) in [6.07, 6.45) is 1.01. The number of ketones is 1. The second-order valence-electron chi connectivity index (χ2n) is 4.41. The van der Waals surface area contributed by atoms with Crippen molar-refractivity contribution in [2.24, 2.45) is 5.92 Å². The number of thiophene rings is 1. The second-order valence-corrected chi connectivity index (χ2v) is 6.70. The number of halogens is 2. The van der Waals surface area contributed by atoms with Crippen LogP contribution in [0.1, 0.15) is 37.6 Å². The Morgan fingerprint density at radius 3 is 2.53 bits per heavy atom. The van der Waals surface area contributed by atoms with Crippen molar-refractivity contribution >= 4 is 40.3 Å². The topological polar surface area (TPSA) is 26.3 Å². The molecule has 0 aliphatic heterocycles. The number of Topliss-reactive ketones (excluding diaryl/α,β-unsaturated/α-hetero) is 1. The van der Waals surface area contributed by atoms with Gasteiger partial charge in [0.05, 0.1) is 16.0 Å². The van der Waals surface area contributed by atoms with E-state index < -0.39 is 0 Å². The molecular weight excluding hydrogens is 279 g/mol. The molecule has 5 heteroatoms. The molecule has 1 atom stereocenters. The molecule has 0 aliphatic carbocycles. The zero-order valence-electron chi connectivity index (χ0n) is 10.1. The van der Waals surface area contributed by atoms with Crippen LogP contribution in [0.25, 0.3) is 0 Å². The number of carbonyl (C=O) groups is 1. The first-order valence-electron chi connectivity index (χ1n) is 5.49. The van der Waals surface area contributed by atoms with E-state index in [9.17, 15) is 4.79 Å². The van der Waals surface area contributed by atoms with Crippen molar-refractivity contribution in [2.45, 2.75) is 33.3 Å². The highest BCUT2D eigenvalue weighted by atomic mass is 35.5. The summed E-state index contributed by atoms with van der Waals surface area (Å²) in [6.45, 7) is 6.27. The Labute approximate surface area is 116 Å². The molecule has 0 radical (unpaired) electrons. The summed E-state index contributed by atoms with van der Waals surface area (Å²) in [5.74, 6) is 0.438. The zero-order valence-corrected chi connectivity index (χ0v) is 12.5. The molecule has 0 spiro atoms. The van der Waals surface area contributed by atoms with Gasteiger partial charge in [0.15, 0.2) is 5.78 Å². The molecule has 1 aromatic rings. The average molecular weight is 295 g/mol. The van der Waals surface area contributed by atoms with Crippen molar-refractivity contribution in [1.82, 2.24) is 0 Å². The van der Waals surface area contributed by atoms with E-state index in [1.807, 2.05) is 6.92 Å². The number of carbonyl (C=O) groups excluding carboxylic acids is 1. The fraction of sp³-hybridized carbons (Fsp3) is 0.583. The number of rotatable bonds is 6. The van der Waals surface area contributed by atoms with E-state index in [-0.39, 0.29) is 18.5 Å². The first-order chi connectivity index (χ1) is 7.90. The monoisotopic (exact) mass is 294 g/mol. The van der Waals surface area contributed by atoms with Crippen molar-refractivity contribution in [3.63, 3.8) is 0 Å². The molecule has 1 aromatic heterocycles. The Bertz CT molecular complexity index is 388.